The maximum atomic E-state index is 10.7. The summed E-state index contributed by atoms with van der Waals surface area (Å²) >= 11 is 5.19. The lowest BCUT2D eigenvalue weighted by Crippen LogP contribution is -2.23. The van der Waals surface area contributed by atoms with Crippen molar-refractivity contribution in [1.82, 2.24) is 4.90 Å². The van der Waals surface area contributed by atoms with Crippen LogP contribution >= 0.6 is 11.6 Å². The van der Waals surface area contributed by atoms with Crippen molar-refractivity contribution in [2.75, 3.05) is 31.0 Å². The molecule has 0 fully saturated rings. The molecule has 1 aromatic rings. The molecular weight excluding hydrogens is 374 g/mol. The number of hydrogen-bond donors (Lipinski definition) is 2. The van der Waals surface area contributed by atoms with Crippen molar-refractivity contribution in [1.29, 1.82) is 0 Å². The third kappa shape index (κ3) is 16.2. The number of halogens is 1. The van der Waals surface area contributed by atoms with Gasteiger partial charge in [0.25, 0.3) is 0 Å². The van der Waals surface area contributed by atoms with Crippen molar-refractivity contribution in [3.63, 3.8) is 0 Å². The monoisotopic (exact) mass is 399 g/mol. The third-order valence-corrected chi connectivity index (χ3v) is 4.81. The fraction of sp³-hybridized carbons (Fsp3) is 0.571. The molecule has 0 spiro atoms. The quantitative estimate of drug-likeness (QED) is 0.591. The molecule has 0 aromatic heterocycles. The summed E-state index contributed by atoms with van der Waals surface area (Å²) < 4.78 is 41.7. The summed E-state index contributed by atoms with van der Waals surface area (Å²) in [7, 11) is -4.62. The molecule has 0 heterocycles. The van der Waals surface area contributed by atoms with E-state index < -0.39 is 20.0 Å². The summed E-state index contributed by atoms with van der Waals surface area (Å²) in [5.74, 6) is 0.374. The summed E-state index contributed by atoms with van der Waals surface area (Å²) in [6, 6.07) is 10.1. The van der Waals surface area contributed by atoms with Crippen LogP contribution in [0.1, 0.15) is 18.4 Å². The van der Waals surface area contributed by atoms with Gasteiger partial charge in [-0.05, 0) is 32.0 Å². The highest BCUT2D eigenvalue weighted by Gasteiger charge is 2.04. The summed E-state index contributed by atoms with van der Waals surface area (Å²) in [6.07, 6.45) is 1.00. The van der Waals surface area contributed by atoms with Crippen molar-refractivity contribution < 1.29 is 16.8 Å². The molecule has 0 radical (unpaired) electrons. The number of nitrogens with two attached hydrogens (primary N) is 2. The molecule has 4 N–H and O–H groups in total. The second-order valence-corrected chi connectivity index (χ2v) is 9.20. The van der Waals surface area contributed by atoms with Crippen LogP contribution in [0.3, 0.4) is 0 Å². The first kappa shape index (κ1) is 23.3. The van der Waals surface area contributed by atoms with Gasteiger partial charge in [0.15, 0.2) is 0 Å². The SMILES string of the molecule is CN(CCCS(N)(=O)=O)Cc1ccccc1.NS(=O)(=O)CCCCl. The largest absolute Gasteiger partial charge is 0.302 e. The zero-order valence-electron chi connectivity index (χ0n) is 13.8. The van der Waals surface area contributed by atoms with Gasteiger partial charge in [0, 0.05) is 12.4 Å². The standard InChI is InChI=1S/C11H18N2O2S.C3H8ClNO2S/c1-13(8-5-9-16(12,14)15)10-11-6-3-2-4-7-11;4-2-1-3-8(5,6)7/h2-4,6-7H,5,8-10H2,1H3,(H2,12,14,15);1-3H2,(H2,5,6,7). The predicted octanol–water partition coefficient (Wildman–Crippen LogP) is 0.701. The highest BCUT2D eigenvalue weighted by molar-refractivity contribution is 7.89. The molecule has 0 atom stereocenters. The first-order valence-corrected chi connectivity index (χ1v) is 11.3. The minimum atomic E-state index is -3.32. The van der Waals surface area contributed by atoms with Crippen LogP contribution in [0, 0.1) is 0 Å². The average Bonchev–Trinajstić information content (AvgIpc) is 2.44. The average molecular weight is 400 g/mol. The molecule has 0 aliphatic heterocycles. The van der Waals surface area contributed by atoms with Crippen molar-refractivity contribution in [3.05, 3.63) is 35.9 Å². The zero-order chi connectivity index (χ0) is 18.6. The second kappa shape index (κ2) is 11.8. The normalized spacial score (nSPS) is 11.9. The van der Waals surface area contributed by atoms with Gasteiger partial charge in [-0.2, -0.15) is 0 Å². The van der Waals surface area contributed by atoms with Gasteiger partial charge in [0.1, 0.15) is 0 Å². The van der Waals surface area contributed by atoms with E-state index in [9.17, 15) is 16.8 Å². The topological polar surface area (TPSA) is 124 Å². The van der Waals surface area contributed by atoms with E-state index in [1.165, 1.54) is 5.56 Å². The number of rotatable bonds is 9. The summed E-state index contributed by atoms with van der Waals surface area (Å²) in [5.41, 5.74) is 1.22. The Bertz CT molecular complexity index is 652. The predicted molar refractivity (Wildman–Crippen MR) is 98.7 cm³/mol. The Kier molecular flexibility index (Phi) is 11.4. The van der Waals surface area contributed by atoms with Crippen LogP contribution in [-0.4, -0.2) is 52.7 Å². The zero-order valence-corrected chi connectivity index (χ0v) is 16.2. The first-order chi connectivity index (χ1) is 11.0. The van der Waals surface area contributed by atoms with Crippen LogP contribution in [0.4, 0.5) is 0 Å². The molecule has 10 heteroatoms. The highest BCUT2D eigenvalue weighted by Crippen LogP contribution is 2.03. The molecule has 0 aliphatic carbocycles. The molecule has 1 rings (SSSR count). The molecule has 7 nitrogen and oxygen atoms in total. The van der Waals surface area contributed by atoms with E-state index in [1.54, 1.807) is 0 Å². The highest BCUT2D eigenvalue weighted by atomic mass is 35.5. The molecule has 0 saturated carbocycles. The van der Waals surface area contributed by atoms with Crippen LogP contribution in [0.2, 0.25) is 0 Å². The van der Waals surface area contributed by atoms with Crippen LogP contribution in [0.15, 0.2) is 30.3 Å². The molecule has 0 bridgehead atoms. The fourth-order valence-electron chi connectivity index (χ4n) is 1.77. The number of primary sulfonamides is 2. The number of hydrogen-bond acceptors (Lipinski definition) is 5. The Labute approximate surface area is 150 Å². The Morgan fingerprint density at radius 1 is 0.958 bits per heavy atom. The van der Waals surface area contributed by atoms with E-state index in [1.807, 2.05) is 25.2 Å². The van der Waals surface area contributed by atoms with E-state index in [0.29, 0.717) is 18.7 Å². The molecule has 0 saturated heterocycles. The lowest BCUT2D eigenvalue weighted by atomic mass is 10.2. The van der Waals surface area contributed by atoms with Crippen molar-refractivity contribution in [3.8, 4) is 0 Å². The number of sulfonamides is 2. The molecular formula is C14H26ClN3O4S2. The van der Waals surface area contributed by atoms with Gasteiger partial charge >= 0.3 is 0 Å². The maximum absolute atomic E-state index is 10.7. The molecule has 0 aliphatic rings. The number of benzene rings is 1. The van der Waals surface area contributed by atoms with Gasteiger partial charge in [-0.25, -0.2) is 27.1 Å². The minimum absolute atomic E-state index is 0.0174. The first-order valence-electron chi connectivity index (χ1n) is 7.33. The van der Waals surface area contributed by atoms with E-state index in [2.05, 4.69) is 22.2 Å². The summed E-state index contributed by atoms with van der Waals surface area (Å²) in [5, 5.41) is 9.56. The van der Waals surface area contributed by atoms with Gasteiger partial charge in [-0.3, -0.25) is 0 Å². The van der Waals surface area contributed by atoms with E-state index in [4.69, 9.17) is 16.7 Å². The molecule has 140 valence electrons. The summed E-state index contributed by atoms with van der Waals surface area (Å²) in [6.45, 7) is 1.55. The Hall–Kier alpha value is -0.710. The Balaban J connectivity index is 0.000000561. The van der Waals surface area contributed by atoms with Gasteiger partial charge in [-0.1, -0.05) is 30.3 Å². The van der Waals surface area contributed by atoms with Crippen LogP contribution in [0.5, 0.6) is 0 Å². The van der Waals surface area contributed by atoms with Crippen LogP contribution in [-0.2, 0) is 26.6 Å². The molecule has 0 amide bonds. The van der Waals surface area contributed by atoms with Gasteiger partial charge in [0.2, 0.25) is 20.0 Å². The Morgan fingerprint density at radius 2 is 1.46 bits per heavy atom. The number of nitrogens with zero attached hydrogens (tertiary/aromatic N) is 1. The Morgan fingerprint density at radius 3 is 1.88 bits per heavy atom. The van der Waals surface area contributed by atoms with Gasteiger partial charge in [-0.15, -0.1) is 11.6 Å². The van der Waals surface area contributed by atoms with Gasteiger partial charge in [0.05, 0.1) is 11.5 Å². The van der Waals surface area contributed by atoms with Crippen LogP contribution in [0.25, 0.3) is 0 Å². The maximum Gasteiger partial charge on any atom is 0.209 e. The lowest BCUT2D eigenvalue weighted by molar-refractivity contribution is 0.328. The number of alkyl halides is 1. The lowest BCUT2D eigenvalue weighted by Gasteiger charge is -2.16. The van der Waals surface area contributed by atoms with Gasteiger partial charge < -0.3 is 4.90 Å². The van der Waals surface area contributed by atoms with Crippen molar-refractivity contribution >= 4 is 31.6 Å². The molecule has 1 aromatic carbocycles. The molecule has 24 heavy (non-hydrogen) atoms. The third-order valence-electron chi connectivity index (χ3n) is 2.83. The second-order valence-electron chi connectivity index (χ2n) is 5.35. The van der Waals surface area contributed by atoms with E-state index in [-0.39, 0.29) is 11.5 Å². The van der Waals surface area contributed by atoms with Crippen LogP contribution < -0.4 is 10.3 Å². The van der Waals surface area contributed by atoms with Crippen molar-refractivity contribution in [2.45, 2.75) is 19.4 Å². The molecule has 0 unspecified atom stereocenters. The van der Waals surface area contributed by atoms with E-state index in [0.717, 1.165) is 13.1 Å². The summed E-state index contributed by atoms with van der Waals surface area (Å²) in [4.78, 5) is 2.08. The minimum Gasteiger partial charge on any atom is -0.302 e. The van der Waals surface area contributed by atoms with Crippen molar-refractivity contribution in [2.24, 2.45) is 10.3 Å². The smallest absolute Gasteiger partial charge is 0.209 e. The fourth-order valence-corrected chi connectivity index (χ4v) is 3.14. The van der Waals surface area contributed by atoms with E-state index >= 15 is 0 Å².